The van der Waals surface area contributed by atoms with Crippen molar-refractivity contribution in [3.8, 4) is 5.75 Å². The van der Waals surface area contributed by atoms with E-state index in [-0.39, 0.29) is 55.6 Å². The van der Waals surface area contributed by atoms with Crippen molar-refractivity contribution in [2.45, 2.75) is 52.6 Å². The van der Waals surface area contributed by atoms with Gasteiger partial charge in [0, 0.05) is 38.0 Å². The van der Waals surface area contributed by atoms with Crippen molar-refractivity contribution in [1.82, 2.24) is 10.2 Å². The lowest BCUT2D eigenvalue weighted by Crippen LogP contribution is -2.51. The van der Waals surface area contributed by atoms with Gasteiger partial charge in [0.1, 0.15) is 17.6 Å². The van der Waals surface area contributed by atoms with E-state index >= 15 is 0 Å². The number of para-hydroxylation sites is 2. The van der Waals surface area contributed by atoms with Crippen LogP contribution in [0.2, 0.25) is 0 Å². The fraction of sp³-hybridized carbons (Fsp3) is 0.394. The summed E-state index contributed by atoms with van der Waals surface area (Å²) in [6.07, 6.45) is 1.46. The molecule has 0 saturated carbocycles. The molecule has 10 heteroatoms. The molecule has 232 valence electrons. The Morgan fingerprint density at radius 3 is 2.26 bits per heavy atom. The molecule has 2 amide bonds. The van der Waals surface area contributed by atoms with Crippen LogP contribution in [0.4, 0.5) is 10.1 Å². The molecule has 43 heavy (non-hydrogen) atoms. The van der Waals surface area contributed by atoms with Crippen LogP contribution in [-0.2, 0) is 32.6 Å². The summed E-state index contributed by atoms with van der Waals surface area (Å²) < 4.78 is 47.3. The second-order valence-corrected chi connectivity index (χ2v) is 12.7. The fourth-order valence-electron chi connectivity index (χ4n) is 4.71. The summed E-state index contributed by atoms with van der Waals surface area (Å²) in [6.45, 7) is 6.46. The lowest BCUT2D eigenvalue weighted by molar-refractivity contribution is -0.141. The first-order valence-corrected chi connectivity index (χ1v) is 16.4. The highest BCUT2D eigenvalue weighted by molar-refractivity contribution is 7.92. The number of nitrogens with zero attached hydrogens (tertiary/aromatic N) is 2. The number of hydrogen-bond acceptors (Lipinski definition) is 5. The van der Waals surface area contributed by atoms with E-state index in [1.165, 1.54) is 15.3 Å². The van der Waals surface area contributed by atoms with Gasteiger partial charge in [-0.05, 0) is 43.0 Å². The van der Waals surface area contributed by atoms with Crippen molar-refractivity contribution in [3.05, 3.63) is 95.8 Å². The maximum absolute atomic E-state index is 14.8. The zero-order valence-corrected chi connectivity index (χ0v) is 26.1. The van der Waals surface area contributed by atoms with Crippen molar-refractivity contribution >= 4 is 27.5 Å². The van der Waals surface area contributed by atoms with Crippen molar-refractivity contribution in [3.63, 3.8) is 0 Å². The predicted octanol–water partition coefficient (Wildman–Crippen LogP) is 5.18. The summed E-state index contributed by atoms with van der Waals surface area (Å²) in [5, 5.41) is 2.94. The molecule has 0 unspecified atom stereocenters. The van der Waals surface area contributed by atoms with E-state index in [1.54, 1.807) is 42.5 Å². The highest BCUT2D eigenvalue weighted by Gasteiger charge is 2.31. The second-order valence-electron chi connectivity index (χ2n) is 10.8. The van der Waals surface area contributed by atoms with Crippen LogP contribution in [0.3, 0.4) is 0 Å². The van der Waals surface area contributed by atoms with Gasteiger partial charge < -0.3 is 15.0 Å². The highest BCUT2D eigenvalue weighted by atomic mass is 32.2. The molecule has 0 aromatic heterocycles. The van der Waals surface area contributed by atoms with Gasteiger partial charge in [-0.2, -0.15) is 0 Å². The van der Waals surface area contributed by atoms with Gasteiger partial charge in [0.25, 0.3) is 0 Å². The molecule has 0 radical (unpaired) electrons. The number of amides is 2. The molecule has 0 aliphatic heterocycles. The van der Waals surface area contributed by atoms with Gasteiger partial charge in [-0.3, -0.25) is 13.9 Å². The Labute approximate surface area is 254 Å². The molecule has 0 saturated heterocycles. The maximum Gasteiger partial charge on any atom is 0.243 e. The predicted molar refractivity (Wildman–Crippen MR) is 168 cm³/mol. The van der Waals surface area contributed by atoms with E-state index in [0.717, 1.165) is 11.8 Å². The van der Waals surface area contributed by atoms with Gasteiger partial charge in [0.15, 0.2) is 0 Å². The van der Waals surface area contributed by atoms with E-state index in [4.69, 9.17) is 4.74 Å². The second kappa shape index (κ2) is 16.1. The topological polar surface area (TPSA) is 96.0 Å². The monoisotopic (exact) mass is 611 g/mol. The average molecular weight is 612 g/mol. The minimum absolute atomic E-state index is 0.0189. The first-order chi connectivity index (χ1) is 20.5. The maximum atomic E-state index is 14.8. The molecular formula is C33H42FN3O5S. The number of hydrogen-bond donors (Lipinski definition) is 1. The van der Waals surface area contributed by atoms with Crippen LogP contribution in [-0.4, -0.2) is 57.1 Å². The Morgan fingerprint density at radius 1 is 0.953 bits per heavy atom. The van der Waals surface area contributed by atoms with E-state index in [9.17, 15) is 22.4 Å². The van der Waals surface area contributed by atoms with Crippen LogP contribution in [0.25, 0.3) is 0 Å². The van der Waals surface area contributed by atoms with E-state index in [2.05, 4.69) is 5.32 Å². The van der Waals surface area contributed by atoms with E-state index in [0.29, 0.717) is 24.6 Å². The molecule has 0 spiro atoms. The number of carbonyl (C=O) groups excluding carboxylic acids is 2. The normalized spacial score (nSPS) is 12.0. The Bertz CT molecular complexity index is 1450. The SMILES string of the molecule is CCOc1ccccc1N(CCCC(=O)N(Cc1ccccc1F)[C@H](Cc1ccccc1)C(=O)NCC(C)C)S(C)(=O)=O. The number of carbonyl (C=O) groups is 2. The molecule has 0 fully saturated rings. The van der Waals surface area contributed by atoms with Crippen LogP contribution in [0, 0.1) is 11.7 Å². The molecule has 0 aliphatic carbocycles. The summed E-state index contributed by atoms with van der Waals surface area (Å²) in [5.74, 6) is -0.565. The zero-order valence-electron chi connectivity index (χ0n) is 25.3. The molecule has 0 bridgehead atoms. The lowest BCUT2D eigenvalue weighted by atomic mass is 10.0. The largest absolute Gasteiger partial charge is 0.492 e. The van der Waals surface area contributed by atoms with Gasteiger partial charge in [0.2, 0.25) is 21.8 Å². The molecule has 3 aromatic rings. The van der Waals surface area contributed by atoms with Crippen molar-refractivity contribution in [1.29, 1.82) is 0 Å². The van der Waals surface area contributed by atoms with E-state index in [1.807, 2.05) is 51.1 Å². The third kappa shape index (κ3) is 10.1. The molecule has 1 N–H and O–H groups in total. The van der Waals surface area contributed by atoms with Crippen molar-refractivity contribution in [2.24, 2.45) is 5.92 Å². The Balaban J connectivity index is 1.90. The molecule has 1 atom stereocenters. The van der Waals surface area contributed by atoms with Gasteiger partial charge in [-0.15, -0.1) is 0 Å². The standard InChI is InChI=1S/C33H42FN3O5S/c1-5-42-31-19-12-11-18-29(31)37(43(4,40)41)21-13-20-32(38)36(24-27-16-9-10-17-28(27)34)30(33(39)35-23-25(2)3)22-26-14-7-6-8-15-26/h6-12,14-19,25,30H,5,13,20-24H2,1-4H3,(H,35,39)/t30-/m1/s1. The molecule has 0 aliphatic rings. The van der Waals surface area contributed by atoms with E-state index < -0.39 is 21.9 Å². The van der Waals surface area contributed by atoms with Crippen LogP contribution in [0.15, 0.2) is 78.9 Å². The molecule has 8 nitrogen and oxygen atoms in total. The summed E-state index contributed by atoms with van der Waals surface area (Å²) in [7, 11) is -3.70. The number of anilines is 1. The number of benzene rings is 3. The quantitative estimate of drug-likeness (QED) is 0.241. The van der Waals surface area contributed by atoms with Gasteiger partial charge in [-0.1, -0.05) is 74.5 Å². The average Bonchev–Trinajstić information content (AvgIpc) is 2.97. The van der Waals surface area contributed by atoms with Crippen molar-refractivity contribution in [2.75, 3.05) is 30.3 Å². The number of halogens is 1. The Hall–Kier alpha value is -3.92. The smallest absolute Gasteiger partial charge is 0.243 e. The van der Waals surface area contributed by atoms with Crippen molar-refractivity contribution < 1.29 is 27.1 Å². The molecular weight excluding hydrogens is 569 g/mol. The lowest BCUT2D eigenvalue weighted by Gasteiger charge is -2.32. The number of nitrogens with one attached hydrogen (secondary N) is 1. The number of rotatable bonds is 16. The third-order valence-electron chi connectivity index (χ3n) is 6.84. The van der Waals surface area contributed by atoms with Gasteiger partial charge in [0.05, 0.1) is 18.6 Å². The first kappa shape index (κ1) is 33.6. The van der Waals surface area contributed by atoms with Crippen LogP contribution in [0.5, 0.6) is 5.75 Å². The zero-order chi connectivity index (χ0) is 31.4. The minimum atomic E-state index is -3.70. The number of sulfonamides is 1. The molecule has 3 aromatic carbocycles. The molecule has 0 heterocycles. The Kier molecular flexibility index (Phi) is 12.5. The summed E-state index contributed by atoms with van der Waals surface area (Å²) >= 11 is 0. The summed E-state index contributed by atoms with van der Waals surface area (Å²) in [4.78, 5) is 28.9. The van der Waals surface area contributed by atoms with Crippen LogP contribution >= 0.6 is 0 Å². The number of ether oxygens (including phenoxy) is 1. The molecule has 3 rings (SSSR count). The van der Waals surface area contributed by atoms with Gasteiger partial charge in [-0.25, -0.2) is 12.8 Å². The van der Waals surface area contributed by atoms with Crippen LogP contribution in [0.1, 0.15) is 44.7 Å². The third-order valence-corrected chi connectivity index (χ3v) is 8.02. The first-order valence-electron chi connectivity index (χ1n) is 14.5. The minimum Gasteiger partial charge on any atom is -0.492 e. The fourth-order valence-corrected chi connectivity index (χ4v) is 5.68. The van der Waals surface area contributed by atoms with Gasteiger partial charge >= 0.3 is 0 Å². The Morgan fingerprint density at radius 2 is 1.60 bits per heavy atom. The summed E-state index contributed by atoms with van der Waals surface area (Å²) in [5.41, 5.74) is 1.53. The van der Waals surface area contributed by atoms with Crippen LogP contribution < -0.4 is 14.4 Å². The summed E-state index contributed by atoms with van der Waals surface area (Å²) in [6, 6.07) is 21.5. The highest BCUT2D eigenvalue weighted by Crippen LogP contribution is 2.30.